The Kier molecular flexibility index (Phi) is 4.84. The number of sulfone groups is 1. The van der Waals surface area contributed by atoms with E-state index in [9.17, 15) is 13.2 Å². The molecule has 1 aromatic rings. The van der Waals surface area contributed by atoms with Gasteiger partial charge < -0.3 is 5.11 Å². The van der Waals surface area contributed by atoms with Crippen molar-refractivity contribution in [2.45, 2.75) is 24.7 Å². The van der Waals surface area contributed by atoms with Gasteiger partial charge in [0.05, 0.1) is 17.3 Å². The molecule has 0 aliphatic rings. The summed E-state index contributed by atoms with van der Waals surface area (Å²) in [6, 6.07) is 5.85. The van der Waals surface area contributed by atoms with E-state index < -0.39 is 16.4 Å². The van der Waals surface area contributed by atoms with E-state index >= 15 is 0 Å². The minimum atomic E-state index is -3.43. The van der Waals surface area contributed by atoms with Gasteiger partial charge in [-0.1, -0.05) is 19.1 Å². The van der Waals surface area contributed by atoms with Crippen LogP contribution in [0.15, 0.2) is 29.2 Å². The molecule has 0 saturated carbocycles. The van der Waals surface area contributed by atoms with Crippen molar-refractivity contribution >= 4 is 15.6 Å². The summed E-state index contributed by atoms with van der Waals surface area (Å²) < 4.78 is 23.2. The summed E-state index contributed by atoms with van der Waals surface area (Å²) in [7, 11) is -3.43. The predicted octanol–water partition coefficient (Wildman–Crippen LogP) is 1.44. The first-order chi connectivity index (χ1) is 8.01. The second-order valence-corrected chi connectivity index (χ2v) is 5.85. The van der Waals surface area contributed by atoms with E-state index in [1.165, 1.54) is 24.3 Å². The highest BCUT2D eigenvalue weighted by Gasteiger charge is 2.14. The van der Waals surface area contributed by atoms with E-state index in [1.54, 1.807) is 0 Å². The van der Waals surface area contributed by atoms with Crippen molar-refractivity contribution in [2.24, 2.45) is 0 Å². The molecule has 4 nitrogen and oxygen atoms in total. The molecule has 94 valence electrons. The number of ketones is 1. The summed E-state index contributed by atoms with van der Waals surface area (Å²) in [4.78, 5) is 11.7. The zero-order valence-electron chi connectivity index (χ0n) is 9.72. The van der Waals surface area contributed by atoms with Gasteiger partial charge in [-0.3, -0.25) is 4.79 Å². The third-order valence-electron chi connectivity index (χ3n) is 2.37. The molecular formula is C12H16O4S. The summed E-state index contributed by atoms with van der Waals surface area (Å²) in [5.74, 6) is -0.284. The van der Waals surface area contributed by atoms with Gasteiger partial charge in [0.2, 0.25) is 0 Å². The lowest BCUT2D eigenvalue weighted by Gasteiger charge is -2.04. The third-order valence-corrected chi connectivity index (χ3v) is 4.08. The lowest BCUT2D eigenvalue weighted by Crippen LogP contribution is -2.10. The van der Waals surface area contributed by atoms with Crippen LogP contribution in [0.5, 0.6) is 0 Å². The fraction of sp³-hybridized carbons (Fsp3) is 0.417. The molecule has 5 heteroatoms. The standard InChI is InChI=1S/C12H16O4S/c1-2-3-12(14)10-4-6-11(7-5-10)17(15,16)9-8-13/h4-7,13H,2-3,8-9H2,1H3. The summed E-state index contributed by atoms with van der Waals surface area (Å²) >= 11 is 0. The van der Waals surface area contributed by atoms with E-state index in [0.717, 1.165) is 6.42 Å². The Labute approximate surface area is 101 Å². The summed E-state index contributed by atoms with van der Waals surface area (Å²) in [6.07, 6.45) is 1.23. The van der Waals surface area contributed by atoms with Crippen molar-refractivity contribution in [2.75, 3.05) is 12.4 Å². The zero-order chi connectivity index (χ0) is 12.9. The van der Waals surface area contributed by atoms with E-state index in [2.05, 4.69) is 0 Å². The molecule has 1 rings (SSSR count). The van der Waals surface area contributed by atoms with Crippen molar-refractivity contribution in [1.29, 1.82) is 0 Å². The van der Waals surface area contributed by atoms with Crippen LogP contribution in [0.1, 0.15) is 30.1 Å². The maximum atomic E-state index is 11.6. The van der Waals surface area contributed by atoms with Crippen molar-refractivity contribution in [3.63, 3.8) is 0 Å². The second kappa shape index (κ2) is 5.93. The van der Waals surface area contributed by atoms with Crippen LogP contribution in [0.3, 0.4) is 0 Å². The van der Waals surface area contributed by atoms with E-state index in [4.69, 9.17) is 5.11 Å². The Morgan fingerprint density at radius 2 is 1.82 bits per heavy atom. The molecule has 0 aliphatic heterocycles. The molecule has 17 heavy (non-hydrogen) atoms. The molecule has 0 amide bonds. The lowest BCUT2D eigenvalue weighted by molar-refractivity contribution is 0.0981. The highest BCUT2D eigenvalue weighted by Crippen LogP contribution is 2.13. The molecule has 0 saturated heterocycles. The SMILES string of the molecule is CCCC(=O)c1ccc(S(=O)(=O)CCO)cc1. The molecule has 0 aromatic heterocycles. The Morgan fingerprint density at radius 3 is 2.29 bits per heavy atom. The highest BCUT2D eigenvalue weighted by atomic mass is 32.2. The van der Waals surface area contributed by atoms with Crippen molar-refractivity contribution in [3.05, 3.63) is 29.8 Å². The van der Waals surface area contributed by atoms with Crippen molar-refractivity contribution < 1.29 is 18.3 Å². The van der Waals surface area contributed by atoms with E-state index in [1.807, 2.05) is 6.92 Å². The van der Waals surface area contributed by atoms with Crippen molar-refractivity contribution in [3.8, 4) is 0 Å². The van der Waals surface area contributed by atoms with Crippen LogP contribution in [0.4, 0.5) is 0 Å². The van der Waals surface area contributed by atoms with Gasteiger partial charge in [-0.25, -0.2) is 8.42 Å². The Balaban J connectivity index is 2.92. The molecule has 0 fully saturated rings. The fourth-order valence-corrected chi connectivity index (χ4v) is 2.48. The lowest BCUT2D eigenvalue weighted by atomic mass is 10.1. The van der Waals surface area contributed by atoms with Crippen LogP contribution >= 0.6 is 0 Å². The molecule has 0 atom stereocenters. The molecule has 0 spiro atoms. The molecule has 0 heterocycles. The average molecular weight is 256 g/mol. The zero-order valence-corrected chi connectivity index (χ0v) is 10.5. The van der Waals surface area contributed by atoms with Gasteiger partial charge in [-0.15, -0.1) is 0 Å². The van der Waals surface area contributed by atoms with Crippen LogP contribution in [0, 0.1) is 0 Å². The maximum Gasteiger partial charge on any atom is 0.180 e. The average Bonchev–Trinajstić information content (AvgIpc) is 2.29. The predicted molar refractivity (Wildman–Crippen MR) is 64.8 cm³/mol. The molecular weight excluding hydrogens is 240 g/mol. The molecule has 1 aromatic carbocycles. The van der Waals surface area contributed by atoms with Crippen LogP contribution in [-0.2, 0) is 9.84 Å². The quantitative estimate of drug-likeness (QED) is 0.782. The Bertz CT molecular complexity index is 474. The summed E-state index contributed by atoms with van der Waals surface area (Å²) in [5.41, 5.74) is 0.523. The smallest absolute Gasteiger partial charge is 0.180 e. The number of aliphatic hydroxyl groups excluding tert-OH is 1. The second-order valence-electron chi connectivity index (χ2n) is 3.74. The normalized spacial score (nSPS) is 11.4. The van der Waals surface area contributed by atoms with Gasteiger partial charge in [0, 0.05) is 12.0 Å². The van der Waals surface area contributed by atoms with Gasteiger partial charge in [-0.2, -0.15) is 0 Å². The number of benzene rings is 1. The number of carbonyl (C=O) groups is 1. The highest BCUT2D eigenvalue weighted by molar-refractivity contribution is 7.91. The summed E-state index contributed by atoms with van der Waals surface area (Å²) in [5, 5.41) is 8.64. The van der Waals surface area contributed by atoms with Gasteiger partial charge >= 0.3 is 0 Å². The largest absolute Gasteiger partial charge is 0.395 e. The molecule has 0 bridgehead atoms. The molecule has 0 aliphatic carbocycles. The summed E-state index contributed by atoms with van der Waals surface area (Å²) in [6.45, 7) is 1.51. The minimum Gasteiger partial charge on any atom is -0.395 e. The monoisotopic (exact) mass is 256 g/mol. The number of aliphatic hydroxyl groups is 1. The maximum absolute atomic E-state index is 11.6. The first-order valence-electron chi connectivity index (χ1n) is 5.48. The van der Waals surface area contributed by atoms with Crippen molar-refractivity contribution in [1.82, 2.24) is 0 Å². The fourth-order valence-electron chi connectivity index (χ4n) is 1.46. The first kappa shape index (κ1) is 13.9. The number of hydrogen-bond acceptors (Lipinski definition) is 4. The van der Waals surface area contributed by atoms with Crippen LogP contribution < -0.4 is 0 Å². The van der Waals surface area contributed by atoms with Crippen LogP contribution in [0.2, 0.25) is 0 Å². The van der Waals surface area contributed by atoms with Crippen LogP contribution in [-0.4, -0.2) is 31.7 Å². The number of rotatable bonds is 6. The van der Waals surface area contributed by atoms with E-state index in [0.29, 0.717) is 12.0 Å². The molecule has 1 N–H and O–H groups in total. The number of hydrogen-bond donors (Lipinski definition) is 1. The van der Waals surface area contributed by atoms with Gasteiger partial charge in [-0.05, 0) is 18.6 Å². The van der Waals surface area contributed by atoms with Gasteiger partial charge in [0.15, 0.2) is 15.6 Å². The number of Topliss-reactive ketones (excluding diaryl/α,β-unsaturated/α-hetero) is 1. The van der Waals surface area contributed by atoms with Gasteiger partial charge in [0.25, 0.3) is 0 Å². The Morgan fingerprint density at radius 1 is 1.24 bits per heavy atom. The first-order valence-corrected chi connectivity index (χ1v) is 7.13. The molecule has 0 unspecified atom stereocenters. The topological polar surface area (TPSA) is 71.4 Å². The van der Waals surface area contributed by atoms with Gasteiger partial charge in [0.1, 0.15) is 0 Å². The van der Waals surface area contributed by atoms with E-state index in [-0.39, 0.29) is 16.4 Å². The third kappa shape index (κ3) is 3.64. The Hall–Kier alpha value is -1.20. The van der Waals surface area contributed by atoms with Crippen LogP contribution in [0.25, 0.3) is 0 Å². The number of carbonyl (C=O) groups excluding carboxylic acids is 1. The molecule has 0 radical (unpaired) electrons. The minimum absolute atomic E-state index is 0.0126.